The first-order chi connectivity index (χ1) is 13.1. The largest absolute Gasteiger partial charge is 0.417 e. The number of benzene rings is 1. The van der Waals surface area contributed by atoms with Gasteiger partial charge in [0.05, 0.1) is 16.4 Å². The highest BCUT2D eigenvalue weighted by Crippen LogP contribution is 2.36. The molecule has 1 atom stereocenters. The maximum atomic E-state index is 13.3. The molecule has 2 heterocycles. The number of sulfonamides is 1. The first kappa shape index (κ1) is 21.5. The molecule has 6 nitrogen and oxygen atoms in total. The summed E-state index contributed by atoms with van der Waals surface area (Å²) in [6.45, 7) is 2.22. The highest BCUT2D eigenvalue weighted by Gasteiger charge is 2.38. The number of amides is 1. The van der Waals surface area contributed by atoms with E-state index in [0.717, 1.165) is 25.1 Å². The number of nitrogens with one attached hydrogen (secondary N) is 2. The van der Waals surface area contributed by atoms with Gasteiger partial charge in [0.15, 0.2) is 0 Å². The predicted octanol–water partition coefficient (Wildman–Crippen LogP) is 2.35. The van der Waals surface area contributed by atoms with Crippen LogP contribution >= 0.6 is 15.9 Å². The van der Waals surface area contributed by atoms with Crippen molar-refractivity contribution < 1.29 is 26.4 Å². The monoisotopic (exact) mass is 483 g/mol. The second-order valence-electron chi connectivity index (χ2n) is 7.05. The molecule has 3 rings (SSSR count). The topological polar surface area (TPSA) is 78.5 Å². The Balaban J connectivity index is 1.67. The quantitative estimate of drug-likeness (QED) is 0.688. The summed E-state index contributed by atoms with van der Waals surface area (Å²) < 4.78 is 67.5. The number of rotatable bonds is 4. The molecule has 2 N–H and O–H groups in total. The lowest BCUT2D eigenvalue weighted by Crippen LogP contribution is -2.48. The number of alkyl halides is 3. The summed E-state index contributed by atoms with van der Waals surface area (Å²) >= 11 is 2.94. The van der Waals surface area contributed by atoms with Gasteiger partial charge < -0.3 is 10.2 Å². The third kappa shape index (κ3) is 4.87. The van der Waals surface area contributed by atoms with E-state index in [1.54, 1.807) is 4.90 Å². The third-order valence-electron chi connectivity index (χ3n) is 5.07. The minimum absolute atomic E-state index is 0.0506. The number of hydrogen-bond acceptors (Lipinski definition) is 4. The first-order valence-corrected chi connectivity index (χ1v) is 11.2. The normalized spacial score (nSPS) is 21.9. The average molecular weight is 484 g/mol. The van der Waals surface area contributed by atoms with Crippen LogP contribution in [0.5, 0.6) is 0 Å². The van der Waals surface area contributed by atoms with Crippen LogP contribution < -0.4 is 10.0 Å². The second kappa shape index (κ2) is 8.29. The number of piperidine rings is 1. The molecule has 2 saturated heterocycles. The molecular formula is C17H21BrF3N3O3S. The smallest absolute Gasteiger partial charge is 0.342 e. The summed E-state index contributed by atoms with van der Waals surface area (Å²) in [4.78, 5) is 13.3. The van der Waals surface area contributed by atoms with E-state index in [-0.39, 0.29) is 16.3 Å². The zero-order chi connectivity index (χ0) is 20.5. The summed E-state index contributed by atoms with van der Waals surface area (Å²) in [5.74, 6) is 0.00363. The van der Waals surface area contributed by atoms with Gasteiger partial charge in [0, 0.05) is 30.1 Å². The maximum absolute atomic E-state index is 13.3. The summed E-state index contributed by atoms with van der Waals surface area (Å²) in [5, 5.41) is 3.14. The van der Waals surface area contributed by atoms with Gasteiger partial charge in [-0.3, -0.25) is 4.79 Å². The van der Waals surface area contributed by atoms with E-state index in [1.807, 2.05) is 0 Å². The molecule has 11 heteroatoms. The Morgan fingerprint density at radius 2 is 1.89 bits per heavy atom. The molecule has 0 unspecified atom stereocenters. The minimum atomic E-state index is -4.79. The van der Waals surface area contributed by atoms with E-state index in [2.05, 4.69) is 26.0 Å². The van der Waals surface area contributed by atoms with Crippen LogP contribution in [0.1, 0.15) is 24.8 Å². The van der Waals surface area contributed by atoms with E-state index in [0.29, 0.717) is 32.5 Å². The molecule has 0 aliphatic carbocycles. The Bertz CT molecular complexity index is 834. The van der Waals surface area contributed by atoms with Crippen molar-refractivity contribution in [3.63, 3.8) is 0 Å². The third-order valence-corrected chi connectivity index (χ3v) is 7.15. The van der Waals surface area contributed by atoms with Gasteiger partial charge in [-0.1, -0.05) is 15.9 Å². The van der Waals surface area contributed by atoms with Crippen molar-refractivity contribution >= 4 is 31.9 Å². The first-order valence-electron chi connectivity index (χ1n) is 8.96. The average Bonchev–Trinajstić information content (AvgIpc) is 3.15. The van der Waals surface area contributed by atoms with Crippen LogP contribution in [0.2, 0.25) is 0 Å². The second-order valence-corrected chi connectivity index (χ2v) is 9.65. The lowest BCUT2D eigenvalue weighted by Gasteiger charge is -2.33. The summed E-state index contributed by atoms with van der Waals surface area (Å²) in [7, 11) is -4.35. The number of nitrogens with zero attached hydrogens (tertiary/aromatic N) is 1. The molecule has 28 heavy (non-hydrogen) atoms. The Morgan fingerprint density at radius 3 is 2.46 bits per heavy atom. The molecule has 2 fully saturated rings. The van der Waals surface area contributed by atoms with E-state index < -0.39 is 32.7 Å². The van der Waals surface area contributed by atoms with Crippen molar-refractivity contribution in [2.45, 2.75) is 36.4 Å². The molecule has 1 aromatic rings. The van der Waals surface area contributed by atoms with Crippen LogP contribution in [-0.2, 0) is 21.0 Å². The molecule has 2 aliphatic heterocycles. The van der Waals surface area contributed by atoms with Crippen molar-refractivity contribution in [3.8, 4) is 0 Å². The highest BCUT2D eigenvalue weighted by atomic mass is 79.9. The molecule has 0 radical (unpaired) electrons. The lowest BCUT2D eigenvalue weighted by atomic mass is 10.0. The molecule has 1 aromatic carbocycles. The van der Waals surface area contributed by atoms with Gasteiger partial charge in [-0.05, 0) is 44.0 Å². The summed E-state index contributed by atoms with van der Waals surface area (Å²) in [6.07, 6.45) is -3.28. The SMILES string of the molecule is O=C([C@@H]1CCNC1)N1CCC(NS(=O)(=O)c2ccc(Br)cc2C(F)(F)F)CC1. The van der Waals surface area contributed by atoms with Crippen LogP contribution in [0, 0.1) is 5.92 Å². The maximum Gasteiger partial charge on any atom is 0.417 e. The Hall–Kier alpha value is -1.17. The van der Waals surface area contributed by atoms with E-state index in [1.165, 1.54) is 6.07 Å². The van der Waals surface area contributed by atoms with Crippen LogP contribution in [0.3, 0.4) is 0 Å². The Kier molecular flexibility index (Phi) is 6.38. The molecule has 0 aromatic heterocycles. The van der Waals surface area contributed by atoms with Gasteiger partial charge >= 0.3 is 6.18 Å². The number of likely N-dealkylation sites (tertiary alicyclic amines) is 1. The number of carbonyl (C=O) groups excluding carboxylic acids is 1. The number of hydrogen-bond donors (Lipinski definition) is 2. The number of carbonyl (C=O) groups is 1. The van der Waals surface area contributed by atoms with Crippen molar-refractivity contribution in [1.29, 1.82) is 0 Å². The number of halogens is 4. The fourth-order valence-electron chi connectivity index (χ4n) is 3.58. The van der Waals surface area contributed by atoms with E-state index in [4.69, 9.17) is 0 Å². The van der Waals surface area contributed by atoms with Crippen molar-refractivity contribution in [3.05, 3.63) is 28.2 Å². The van der Waals surface area contributed by atoms with E-state index in [9.17, 15) is 26.4 Å². The van der Waals surface area contributed by atoms with Gasteiger partial charge in [-0.15, -0.1) is 0 Å². The summed E-state index contributed by atoms with van der Waals surface area (Å²) in [5.41, 5.74) is -1.21. The molecule has 2 aliphatic rings. The molecule has 1 amide bonds. The lowest BCUT2D eigenvalue weighted by molar-refractivity contribution is -0.140. The zero-order valence-corrected chi connectivity index (χ0v) is 17.3. The minimum Gasteiger partial charge on any atom is -0.342 e. The van der Waals surface area contributed by atoms with Crippen LogP contribution in [0.25, 0.3) is 0 Å². The van der Waals surface area contributed by atoms with Gasteiger partial charge in [-0.25, -0.2) is 13.1 Å². The van der Waals surface area contributed by atoms with Crippen molar-refractivity contribution in [2.75, 3.05) is 26.2 Å². The van der Waals surface area contributed by atoms with Gasteiger partial charge in [-0.2, -0.15) is 13.2 Å². The fourth-order valence-corrected chi connectivity index (χ4v) is 5.46. The van der Waals surface area contributed by atoms with Crippen molar-refractivity contribution in [1.82, 2.24) is 14.9 Å². The molecule has 0 spiro atoms. The standard InChI is InChI=1S/C17H21BrF3N3O3S/c18-12-1-2-15(14(9-12)17(19,20)21)28(26,27)23-13-4-7-24(8-5-13)16(25)11-3-6-22-10-11/h1-2,9,11,13,22-23H,3-8,10H2/t11-/m1/s1. The van der Waals surface area contributed by atoms with E-state index >= 15 is 0 Å². The van der Waals surface area contributed by atoms with Gasteiger partial charge in [0.1, 0.15) is 0 Å². The Morgan fingerprint density at radius 1 is 1.21 bits per heavy atom. The molecular weight excluding hydrogens is 463 g/mol. The molecule has 156 valence electrons. The van der Waals surface area contributed by atoms with Gasteiger partial charge in [0.25, 0.3) is 0 Å². The summed E-state index contributed by atoms with van der Waals surface area (Å²) in [6, 6.07) is 2.45. The van der Waals surface area contributed by atoms with Crippen LogP contribution in [0.4, 0.5) is 13.2 Å². The van der Waals surface area contributed by atoms with Crippen LogP contribution in [-0.4, -0.2) is 51.4 Å². The van der Waals surface area contributed by atoms with Crippen molar-refractivity contribution in [2.24, 2.45) is 5.92 Å². The predicted molar refractivity (Wildman–Crippen MR) is 100 cm³/mol. The highest BCUT2D eigenvalue weighted by molar-refractivity contribution is 9.10. The molecule has 0 bridgehead atoms. The van der Waals surface area contributed by atoms with Crippen LogP contribution in [0.15, 0.2) is 27.6 Å². The fraction of sp³-hybridized carbons (Fsp3) is 0.588. The molecule has 0 saturated carbocycles. The zero-order valence-electron chi connectivity index (χ0n) is 14.9. The Labute approximate surface area is 170 Å². The van der Waals surface area contributed by atoms with Gasteiger partial charge in [0.2, 0.25) is 15.9 Å².